The van der Waals surface area contributed by atoms with E-state index in [0.717, 1.165) is 28.8 Å². The van der Waals surface area contributed by atoms with Crippen molar-refractivity contribution in [1.29, 1.82) is 0 Å². The first-order valence-electron chi connectivity index (χ1n) is 9.12. The predicted molar refractivity (Wildman–Crippen MR) is 104 cm³/mol. The molecular formula is C23H22FN2O+. The highest BCUT2D eigenvalue weighted by molar-refractivity contribution is 6.01. The van der Waals surface area contributed by atoms with Gasteiger partial charge in [-0.25, -0.2) is 9.38 Å². The Morgan fingerprint density at radius 1 is 0.963 bits per heavy atom. The summed E-state index contributed by atoms with van der Waals surface area (Å²) in [4.78, 5) is 4.94. The molecule has 3 aromatic carbocycles. The highest BCUT2D eigenvalue weighted by Crippen LogP contribution is 2.29. The largest absolute Gasteiger partial charge is 0.507 e. The average molecular weight is 361 g/mol. The van der Waals surface area contributed by atoms with E-state index < -0.39 is 0 Å². The van der Waals surface area contributed by atoms with Gasteiger partial charge in [0.25, 0.3) is 0 Å². The van der Waals surface area contributed by atoms with Gasteiger partial charge in [0.05, 0.1) is 11.3 Å². The van der Waals surface area contributed by atoms with Crippen molar-refractivity contribution < 1.29 is 14.8 Å². The third kappa shape index (κ3) is 3.76. The van der Waals surface area contributed by atoms with Gasteiger partial charge in [-0.1, -0.05) is 42.0 Å². The molecule has 0 fully saturated rings. The number of aryl methyl sites for hydroxylation is 1. The molecule has 4 rings (SSSR count). The van der Waals surface area contributed by atoms with Crippen LogP contribution < -0.4 is 5.32 Å². The maximum Gasteiger partial charge on any atom is 0.206 e. The predicted octanol–water partition coefficient (Wildman–Crippen LogP) is 4.04. The molecule has 0 amide bonds. The van der Waals surface area contributed by atoms with Crippen LogP contribution in [0.25, 0.3) is 0 Å². The average Bonchev–Trinajstić information content (AvgIpc) is 2.69. The molecule has 0 aliphatic carbocycles. The molecule has 1 aliphatic rings. The van der Waals surface area contributed by atoms with E-state index in [2.05, 4.69) is 36.5 Å². The molecule has 0 bridgehead atoms. The van der Waals surface area contributed by atoms with Crippen molar-refractivity contribution in [3.05, 3.63) is 101 Å². The third-order valence-corrected chi connectivity index (χ3v) is 5.06. The van der Waals surface area contributed by atoms with Gasteiger partial charge < -0.3 is 10.4 Å². The zero-order valence-corrected chi connectivity index (χ0v) is 15.1. The number of aromatic hydroxyl groups is 1. The van der Waals surface area contributed by atoms with Gasteiger partial charge in [0.1, 0.15) is 17.6 Å². The van der Waals surface area contributed by atoms with Crippen molar-refractivity contribution in [2.24, 2.45) is 4.99 Å². The molecule has 3 nitrogen and oxygen atoms in total. The van der Waals surface area contributed by atoms with E-state index in [1.807, 2.05) is 18.2 Å². The number of hydrogen-bond donors (Lipinski definition) is 2. The Morgan fingerprint density at radius 3 is 2.37 bits per heavy atom. The number of nitrogens with zero attached hydrogens (tertiary/aromatic N) is 1. The SMILES string of the molecule is Cc1ccc(C2=N[C@H](c3ccc(F)cc3)[NH2+][C@@H](c3ccccc3O)C2)cc1. The molecular weight excluding hydrogens is 339 g/mol. The van der Waals surface area contributed by atoms with Gasteiger partial charge in [-0.05, 0) is 48.9 Å². The normalized spacial score (nSPS) is 19.6. The summed E-state index contributed by atoms with van der Waals surface area (Å²) in [7, 11) is 0. The first-order chi connectivity index (χ1) is 13.1. The van der Waals surface area contributed by atoms with Crippen LogP contribution in [-0.4, -0.2) is 10.8 Å². The number of aliphatic imine (C=N–C) groups is 1. The second-order valence-corrected chi connectivity index (χ2v) is 7.00. The molecule has 0 saturated heterocycles. The Hall–Kier alpha value is -2.98. The van der Waals surface area contributed by atoms with Crippen molar-refractivity contribution in [3.63, 3.8) is 0 Å². The van der Waals surface area contributed by atoms with Crippen molar-refractivity contribution in [2.45, 2.75) is 25.6 Å². The quantitative estimate of drug-likeness (QED) is 0.727. The van der Waals surface area contributed by atoms with Crippen LogP contribution in [0, 0.1) is 12.7 Å². The molecule has 0 radical (unpaired) electrons. The lowest BCUT2D eigenvalue weighted by molar-refractivity contribution is -0.735. The Labute approximate surface area is 158 Å². The fourth-order valence-corrected chi connectivity index (χ4v) is 3.56. The van der Waals surface area contributed by atoms with Gasteiger partial charge in [-0.2, -0.15) is 0 Å². The monoisotopic (exact) mass is 361 g/mol. The maximum atomic E-state index is 13.3. The highest BCUT2D eigenvalue weighted by Gasteiger charge is 2.31. The smallest absolute Gasteiger partial charge is 0.206 e. The molecule has 4 heteroatoms. The second kappa shape index (κ2) is 7.33. The number of para-hydroxylation sites is 1. The van der Waals surface area contributed by atoms with Crippen LogP contribution in [0.2, 0.25) is 0 Å². The van der Waals surface area contributed by atoms with Crippen LogP contribution in [0.5, 0.6) is 5.75 Å². The Kier molecular flexibility index (Phi) is 4.73. The van der Waals surface area contributed by atoms with Crippen LogP contribution in [-0.2, 0) is 0 Å². The van der Waals surface area contributed by atoms with Crippen molar-refractivity contribution in [3.8, 4) is 5.75 Å². The van der Waals surface area contributed by atoms with Gasteiger partial charge >= 0.3 is 0 Å². The van der Waals surface area contributed by atoms with Crippen LogP contribution in [0.1, 0.15) is 40.9 Å². The maximum absolute atomic E-state index is 13.3. The zero-order valence-electron chi connectivity index (χ0n) is 15.1. The number of benzene rings is 3. The minimum Gasteiger partial charge on any atom is -0.507 e. The summed E-state index contributed by atoms with van der Waals surface area (Å²) in [6, 6.07) is 22.3. The summed E-state index contributed by atoms with van der Waals surface area (Å²) >= 11 is 0. The van der Waals surface area contributed by atoms with Crippen LogP contribution in [0.3, 0.4) is 0 Å². The third-order valence-electron chi connectivity index (χ3n) is 5.06. The standard InChI is InChI=1S/C23H21FN2O/c1-15-6-8-16(9-7-15)20-14-21(19-4-2-3-5-22(19)27)26-23(25-20)17-10-12-18(24)13-11-17/h2-13,21,23,26-27H,14H2,1H3/p+1/t21-,23+/m1/s1. The lowest BCUT2D eigenvalue weighted by atomic mass is 9.93. The molecule has 0 spiro atoms. The van der Waals surface area contributed by atoms with E-state index in [0.29, 0.717) is 5.75 Å². The number of phenols is 1. The van der Waals surface area contributed by atoms with E-state index in [4.69, 9.17) is 4.99 Å². The van der Waals surface area contributed by atoms with Crippen LogP contribution in [0.4, 0.5) is 4.39 Å². The van der Waals surface area contributed by atoms with Crippen molar-refractivity contribution in [2.75, 3.05) is 0 Å². The fraction of sp³-hybridized carbons (Fsp3) is 0.174. The minimum atomic E-state index is -0.255. The van der Waals surface area contributed by atoms with E-state index >= 15 is 0 Å². The molecule has 3 N–H and O–H groups in total. The molecule has 1 aliphatic heterocycles. The summed E-state index contributed by atoms with van der Waals surface area (Å²) in [5.41, 5.74) is 5.13. The Balaban J connectivity index is 1.75. The summed E-state index contributed by atoms with van der Waals surface area (Å²) in [5.74, 6) is 0.0383. The Bertz CT molecular complexity index is 964. The summed E-state index contributed by atoms with van der Waals surface area (Å²) in [5, 5.41) is 12.5. The van der Waals surface area contributed by atoms with Crippen LogP contribution in [0.15, 0.2) is 77.8 Å². The van der Waals surface area contributed by atoms with Gasteiger partial charge in [0, 0.05) is 12.0 Å². The van der Waals surface area contributed by atoms with E-state index in [-0.39, 0.29) is 18.0 Å². The van der Waals surface area contributed by atoms with E-state index in [1.54, 1.807) is 18.2 Å². The fourth-order valence-electron chi connectivity index (χ4n) is 3.56. The second-order valence-electron chi connectivity index (χ2n) is 7.00. The molecule has 2 atom stereocenters. The number of halogens is 1. The summed E-state index contributed by atoms with van der Waals surface area (Å²) in [6.45, 7) is 2.06. The topological polar surface area (TPSA) is 49.2 Å². The summed E-state index contributed by atoms with van der Waals surface area (Å²) in [6.07, 6.45) is 0.540. The zero-order chi connectivity index (χ0) is 18.8. The summed E-state index contributed by atoms with van der Waals surface area (Å²) < 4.78 is 13.3. The molecule has 0 unspecified atom stereocenters. The highest BCUT2D eigenvalue weighted by atomic mass is 19.1. The molecule has 0 saturated carbocycles. The van der Waals surface area contributed by atoms with E-state index in [9.17, 15) is 9.50 Å². The van der Waals surface area contributed by atoms with Gasteiger partial charge in [0.15, 0.2) is 0 Å². The van der Waals surface area contributed by atoms with Gasteiger partial charge in [-0.15, -0.1) is 0 Å². The van der Waals surface area contributed by atoms with Crippen LogP contribution >= 0.6 is 0 Å². The Morgan fingerprint density at radius 2 is 1.67 bits per heavy atom. The number of quaternary nitrogens is 1. The minimum absolute atomic E-state index is 0.0371. The lowest BCUT2D eigenvalue weighted by Gasteiger charge is -2.27. The van der Waals surface area contributed by atoms with Crippen molar-refractivity contribution >= 4 is 5.71 Å². The molecule has 0 aromatic heterocycles. The van der Waals surface area contributed by atoms with Gasteiger partial charge in [-0.3, -0.25) is 0 Å². The first-order valence-corrected chi connectivity index (χ1v) is 9.12. The number of rotatable bonds is 3. The van der Waals surface area contributed by atoms with Gasteiger partial charge in [0.2, 0.25) is 6.17 Å². The number of hydrogen-bond acceptors (Lipinski definition) is 2. The molecule has 136 valence electrons. The molecule has 1 heterocycles. The number of nitrogens with two attached hydrogens (primary N) is 1. The lowest BCUT2D eigenvalue weighted by Crippen LogP contribution is -2.87. The van der Waals surface area contributed by atoms with Crippen molar-refractivity contribution in [1.82, 2.24) is 0 Å². The molecule has 27 heavy (non-hydrogen) atoms. The molecule has 3 aromatic rings. The first kappa shape index (κ1) is 17.4. The van der Waals surface area contributed by atoms with E-state index in [1.165, 1.54) is 17.7 Å². The number of phenolic OH excluding ortho intramolecular Hbond substituents is 1.